The highest BCUT2D eigenvalue weighted by Gasteiger charge is 2.46. The zero-order chi connectivity index (χ0) is 24.2. The zero-order valence-electron chi connectivity index (χ0n) is 19.5. The molecule has 2 aliphatic heterocycles. The van der Waals surface area contributed by atoms with E-state index in [-0.39, 0.29) is 25.5 Å². The maximum Gasteiger partial charge on any atom is 0.153 e. The normalized spacial score (nSPS) is 19.6. The minimum Gasteiger partial charge on any atom is -0.390 e. The van der Waals surface area contributed by atoms with Crippen LogP contribution in [0.15, 0.2) is 46.4 Å². The number of thioether (sulfide) groups is 1. The van der Waals surface area contributed by atoms with E-state index >= 15 is 0 Å². The standard InChI is InChI=1S/C26H27ClN6OS.CH4/c1-15-21(27)20(6-9-29-15)35-25-22-18(13-30-25)32-24(19(14-34)31-22)33-10-7-26(8-11-33)12-16-4-2-3-5-17(16)23(26)28;/h2-6,9,23,34H,7-8,10-14,28H2,1H3;1H4/t23-;/m1./s1. The third-order valence-corrected chi connectivity index (χ3v) is 9.29. The van der Waals surface area contributed by atoms with Crippen molar-refractivity contribution in [2.45, 2.75) is 57.7 Å². The molecule has 1 spiro atoms. The Bertz CT molecular complexity index is 1340. The van der Waals surface area contributed by atoms with Crippen LogP contribution in [0, 0.1) is 12.3 Å². The Balaban J connectivity index is 0.00000267. The van der Waals surface area contributed by atoms with E-state index in [9.17, 15) is 5.11 Å². The highest BCUT2D eigenvalue weighted by Crippen LogP contribution is 2.51. The van der Waals surface area contributed by atoms with E-state index in [0.717, 1.165) is 65.2 Å². The van der Waals surface area contributed by atoms with Gasteiger partial charge in [0.15, 0.2) is 5.82 Å². The molecule has 4 heterocycles. The average molecular weight is 523 g/mol. The number of fused-ring (bicyclic) bond motifs is 2. The number of hydrogen-bond acceptors (Lipinski definition) is 8. The smallest absolute Gasteiger partial charge is 0.153 e. The Morgan fingerprint density at radius 2 is 1.97 bits per heavy atom. The van der Waals surface area contributed by atoms with Gasteiger partial charge in [-0.05, 0) is 48.8 Å². The molecule has 0 radical (unpaired) electrons. The van der Waals surface area contributed by atoms with Crippen molar-refractivity contribution < 1.29 is 5.11 Å². The van der Waals surface area contributed by atoms with E-state index in [4.69, 9.17) is 27.3 Å². The summed E-state index contributed by atoms with van der Waals surface area (Å²) in [5.41, 5.74) is 12.5. The van der Waals surface area contributed by atoms with Gasteiger partial charge in [-0.1, -0.05) is 55.1 Å². The Morgan fingerprint density at radius 3 is 2.72 bits per heavy atom. The van der Waals surface area contributed by atoms with E-state index < -0.39 is 0 Å². The van der Waals surface area contributed by atoms with Crippen LogP contribution >= 0.6 is 23.4 Å². The second-order valence-corrected chi connectivity index (χ2v) is 11.0. The maximum atomic E-state index is 10.2. The third kappa shape index (κ3) is 4.10. The van der Waals surface area contributed by atoms with Crippen LogP contribution in [-0.4, -0.2) is 38.2 Å². The molecule has 0 unspecified atom stereocenters. The van der Waals surface area contributed by atoms with Crippen LogP contribution in [0.2, 0.25) is 5.02 Å². The molecule has 3 aromatic rings. The van der Waals surface area contributed by atoms with Gasteiger partial charge >= 0.3 is 0 Å². The first-order chi connectivity index (χ1) is 17.0. The van der Waals surface area contributed by atoms with E-state index in [0.29, 0.717) is 17.3 Å². The van der Waals surface area contributed by atoms with E-state index in [1.54, 1.807) is 6.20 Å². The number of aliphatic imine (C=N–C) groups is 1. The summed E-state index contributed by atoms with van der Waals surface area (Å²) < 4.78 is 0. The fourth-order valence-corrected chi connectivity index (χ4v) is 6.81. The van der Waals surface area contributed by atoms with Gasteiger partial charge in [-0.3, -0.25) is 9.98 Å². The monoisotopic (exact) mass is 522 g/mol. The summed E-state index contributed by atoms with van der Waals surface area (Å²) in [6.07, 6.45) is 4.76. The lowest BCUT2D eigenvalue weighted by Crippen LogP contribution is -2.45. The van der Waals surface area contributed by atoms with Crippen LogP contribution in [0.3, 0.4) is 0 Å². The second-order valence-electron chi connectivity index (χ2n) is 9.58. The van der Waals surface area contributed by atoms with Crippen molar-refractivity contribution >= 4 is 34.2 Å². The summed E-state index contributed by atoms with van der Waals surface area (Å²) in [5, 5.41) is 11.6. The van der Waals surface area contributed by atoms with Gasteiger partial charge in [-0.25, -0.2) is 9.97 Å². The van der Waals surface area contributed by atoms with Crippen LogP contribution < -0.4 is 10.6 Å². The molecule has 1 aliphatic carbocycles. The molecule has 9 heteroatoms. The number of anilines is 1. The maximum absolute atomic E-state index is 10.2. The molecule has 1 fully saturated rings. The molecule has 1 atom stereocenters. The number of rotatable bonds is 3. The number of aliphatic hydroxyl groups is 1. The number of piperidine rings is 1. The number of aliphatic hydroxyl groups excluding tert-OH is 1. The predicted molar refractivity (Wildman–Crippen MR) is 146 cm³/mol. The van der Waals surface area contributed by atoms with Gasteiger partial charge in [0, 0.05) is 30.2 Å². The lowest BCUT2D eigenvalue weighted by atomic mass is 9.73. The highest BCUT2D eigenvalue weighted by atomic mass is 35.5. The molecule has 0 bridgehead atoms. The number of nitrogens with two attached hydrogens (primary N) is 1. The predicted octanol–water partition coefficient (Wildman–Crippen LogP) is 4.86. The molecule has 6 rings (SSSR count). The molecule has 2 aromatic heterocycles. The topological polar surface area (TPSA) is 101 Å². The lowest BCUT2D eigenvalue weighted by Gasteiger charge is -2.43. The first kappa shape index (κ1) is 25.1. The van der Waals surface area contributed by atoms with Gasteiger partial charge in [0.1, 0.15) is 16.4 Å². The molecular weight excluding hydrogens is 492 g/mol. The fourth-order valence-electron chi connectivity index (χ4n) is 5.61. The van der Waals surface area contributed by atoms with Gasteiger partial charge in [0.05, 0.1) is 29.6 Å². The number of pyridine rings is 1. The summed E-state index contributed by atoms with van der Waals surface area (Å²) in [4.78, 5) is 21.8. The van der Waals surface area contributed by atoms with Crippen molar-refractivity contribution in [3.8, 4) is 0 Å². The van der Waals surface area contributed by atoms with E-state index in [1.165, 1.54) is 22.9 Å². The number of aromatic nitrogens is 3. The van der Waals surface area contributed by atoms with Gasteiger partial charge in [0.25, 0.3) is 0 Å². The number of aryl methyl sites for hydroxylation is 1. The van der Waals surface area contributed by atoms with Crippen molar-refractivity contribution in [3.63, 3.8) is 0 Å². The quantitative estimate of drug-likeness (QED) is 0.506. The van der Waals surface area contributed by atoms with Crippen molar-refractivity contribution in [2.75, 3.05) is 18.0 Å². The van der Waals surface area contributed by atoms with Crippen molar-refractivity contribution in [2.24, 2.45) is 16.1 Å². The third-order valence-electron chi connectivity index (χ3n) is 7.63. The van der Waals surface area contributed by atoms with Crippen molar-refractivity contribution in [1.29, 1.82) is 0 Å². The van der Waals surface area contributed by atoms with Gasteiger partial charge < -0.3 is 15.7 Å². The first-order valence-corrected chi connectivity index (χ1v) is 13.1. The molecular formula is C27H31ClN6OS. The summed E-state index contributed by atoms with van der Waals surface area (Å²) in [7, 11) is 0. The van der Waals surface area contributed by atoms with Crippen LogP contribution in [0.1, 0.15) is 60.2 Å². The van der Waals surface area contributed by atoms with Crippen molar-refractivity contribution in [1.82, 2.24) is 15.0 Å². The van der Waals surface area contributed by atoms with Gasteiger partial charge in [0.2, 0.25) is 0 Å². The Labute approximate surface area is 221 Å². The van der Waals surface area contributed by atoms with E-state index in [1.807, 2.05) is 13.0 Å². The van der Waals surface area contributed by atoms with E-state index in [2.05, 4.69) is 39.1 Å². The van der Waals surface area contributed by atoms with Crippen LogP contribution in [0.5, 0.6) is 0 Å². The molecule has 36 heavy (non-hydrogen) atoms. The second kappa shape index (κ2) is 9.74. The highest BCUT2D eigenvalue weighted by molar-refractivity contribution is 8.14. The number of benzene rings is 1. The average Bonchev–Trinajstić information content (AvgIpc) is 3.39. The van der Waals surface area contributed by atoms with Gasteiger partial charge in [-0.2, -0.15) is 0 Å². The molecule has 3 N–H and O–H groups in total. The fraction of sp³-hybridized carbons (Fsp3) is 0.407. The number of nitrogens with zero attached hydrogens (tertiary/aromatic N) is 5. The SMILES string of the molecule is C.Cc1nccc(SC2=NCc3nc(N4CCC5(CC4)Cc4ccccc4[C@H]5N)c(CO)nc32)c1Cl. The van der Waals surface area contributed by atoms with Crippen LogP contribution in [0.25, 0.3) is 0 Å². The molecule has 3 aliphatic rings. The van der Waals surface area contributed by atoms with Crippen molar-refractivity contribution in [3.05, 3.63) is 75.5 Å². The number of halogens is 1. The molecule has 1 aromatic carbocycles. The summed E-state index contributed by atoms with van der Waals surface area (Å²) in [6, 6.07) is 10.5. The Hall–Kier alpha value is -2.52. The Kier molecular flexibility index (Phi) is 6.80. The lowest BCUT2D eigenvalue weighted by molar-refractivity contribution is 0.186. The Morgan fingerprint density at radius 1 is 1.19 bits per heavy atom. The molecule has 0 amide bonds. The molecule has 7 nitrogen and oxygen atoms in total. The molecule has 1 saturated heterocycles. The minimum atomic E-state index is -0.171. The van der Waals surface area contributed by atoms with Gasteiger partial charge in [-0.15, -0.1) is 0 Å². The molecule has 188 valence electrons. The minimum absolute atomic E-state index is 0. The van der Waals surface area contributed by atoms with Crippen LogP contribution in [0.4, 0.5) is 5.82 Å². The zero-order valence-corrected chi connectivity index (χ0v) is 21.1. The molecule has 0 saturated carbocycles. The number of hydrogen-bond donors (Lipinski definition) is 2. The first-order valence-electron chi connectivity index (χ1n) is 11.9. The van der Waals surface area contributed by atoms with Crippen LogP contribution in [-0.2, 0) is 19.6 Å². The summed E-state index contributed by atoms with van der Waals surface area (Å²) in [6.45, 7) is 3.87. The summed E-state index contributed by atoms with van der Waals surface area (Å²) in [5.74, 6) is 0.768. The largest absolute Gasteiger partial charge is 0.390 e. The summed E-state index contributed by atoms with van der Waals surface area (Å²) >= 11 is 7.91.